The minimum absolute atomic E-state index is 0. The fraction of sp³-hybridized carbons (Fsp3) is 0.471. The monoisotopic (exact) mass is 409 g/mol. The van der Waals surface area contributed by atoms with Crippen LogP contribution in [-0.4, -0.2) is 50.9 Å². The zero-order chi connectivity index (χ0) is 20.9. The normalized spacial score (nSPS) is 10.1. The number of carbonyl (C=O) groups excluding carboxylic acids is 1. The topological polar surface area (TPSA) is 153 Å². The molecule has 0 amide bonds. The van der Waals surface area contributed by atoms with Gasteiger partial charge in [0.1, 0.15) is 17.6 Å². The number of phenolic OH excluding ortho intramolecular Hbond substituents is 2. The standard InChI is InChI=1S/C13H19NO4.2C2H4O2.ClH/c1-8(2)14-7-13(18-9(3)15)10-4-11(16)6-12(17)5-10;2*1-2(3)4;/h4-6,8,13-14,16-17H,7H2,1-3H3;2*1H3,(H,3,4);1H. The number of carbonyl (C=O) groups is 3. The molecule has 1 atom stereocenters. The van der Waals surface area contributed by atoms with Gasteiger partial charge in [-0.3, -0.25) is 14.4 Å². The Bertz CT molecular complexity index is 552. The molecule has 27 heavy (non-hydrogen) atoms. The molecule has 0 aliphatic heterocycles. The van der Waals surface area contributed by atoms with Gasteiger partial charge in [0.2, 0.25) is 0 Å². The van der Waals surface area contributed by atoms with Gasteiger partial charge < -0.3 is 30.5 Å². The maximum absolute atomic E-state index is 11.1. The van der Waals surface area contributed by atoms with E-state index in [4.69, 9.17) is 24.5 Å². The van der Waals surface area contributed by atoms with Gasteiger partial charge in [0, 0.05) is 45.0 Å². The van der Waals surface area contributed by atoms with Crippen LogP contribution in [0.25, 0.3) is 0 Å². The molecular formula is C17H28ClNO8. The summed E-state index contributed by atoms with van der Waals surface area (Å²) < 4.78 is 5.17. The lowest BCUT2D eigenvalue weighted by Gasteiger charge is -2.20. The van der Waals surface area contributed by atoms with Crippen molar-refractivity contribution in [2.45, 2.75) is 46.8 Å². The molecule has 1 unspecified atom stereocenters. The van der Waals surface area contributed by atoms with Crippen molar-refractivity contribution >= 4 is 30.3 Å². The highest BCUT2D eigenvalue weighted by Crippen LogP contribution is 2.26. The van der Waals surface area contributed by atoms with Crippen molar-refractivity contribution in [3.8, 4) is 11.5 Å². The molecule has 0 fully saturated rings. The third kappa shape index (κ3) is 21.4. The first kappa shape index (κ1) is 29.3. The fourth-order valence-electron chi connectivity index (χ4n) is 1.57. The van der Waals surface area contributed by atoms with Gasteiger partial charge in [-0.25, -0.2) is 0 Å². The van der Waals surface area contributed by atoms with Crippen LogP contribution >= 0.6 is 12.4 Å². The summed E-state index contributed by atoms with van der Waals surface area (Å²) in [6.07, 6.45) is -0.539. The molecule has 0 saturated carbocycles. The van der Waals surface area contributed by atoms with Gasteiger partial charge in [-0.1, -0.05) is 13.8 Å². The SMILES string of the molecule is CC(=O)O.CC(=O)O.CC(=O)OC(CNC(C)C)c1cc(O)cc(O)c1.Cl. The summed E-state index contributed by atoms with van der Waals surface area (Å²) >= 11 is 0. The Balaban J connectivity index is -0.000000543. The van der Waals surface area contributed by atoms with Gasteiger partial charge in [0.05, 0.1) is 0 Å². The van der Waals surface area contributed by atoms with Crippen molar-refractivity contribution in [2.75, 3.05) is 6.54 Å². The maximum Gasteiger partial charge on any atom is 0.303 e. The molecule has 1 rings (SSSR count). The van der Waals surface area contributed by atoms with Crippen LogP contribution in [0.3, 0.4) is 0 Å². The van der Waals surface area contributed by atoms with Crippen molar-refractivity contribution in [1.82, 2.24) is 5.32 Å². The number of benzene rings is 1. The fourth-order valence-corrected chi connectivity index (χ4v) is 1.57. The van der Waals surface area contributed by atoms with Crippen molar-refractivity contribution in [2.24, 2.45) is 0 Å². The molecule has 1 aromatic carbocycles. The van der Waals surface area contributed by atoms with Gasteiger partial charge >= 0.3 is 5.97 Å². The quantitative estimate of drug-likeness (QED) is 0.461. The summed E-state index contributed by atoms with van der Waals surface area (Å²) in [4.78, 5) is 29.1. The Labute approximate surface area is 164 Å². The van der Waals surface area contributed by atoms with Crippen LogP contribution in [0, 0.1) is 0 Å². The number of carboxylic acids is 2. The average molecular weight is 410 g/mol. The zero-order valence-electron chi connectivity index (χ0n) is 15.9. The summed E-state index contributed by atoms with van der Waals surface area (Å²) in [6, 6.07) is 4.41. The second kappa shape index (κ2) is 15.7. The largest absolute Gasteiger partial charge is 0.508 e. The Morgan fingerprint density at radius 1 is 0.963 bits per heavy atom. The van der Waals surface area contributed by atoms with Crippen molar-refractivity contribution in [3.05, 3.63) is 23.8 Å². The molecule has 0 saturated heterocycles. The number of hydrogen-bond acceptors (Lipinski definition) is 7. The minimum Gasteiger partial charge on any atom is -0.508 e. The van der Waals surface area contributed by atoms with E-state index in [0.29, 0.717) is 12.1 Å². The smallest absolute Gasteiger partial charge is 0.303 e. The van der Waals surface area contributed by atoms with Crippen LogP contribution < -0.4 is 5.32 Å². The van der Waals surface area contributed by atoms with E-state index in [1.165, 1.54) is 25.1 Å². The summed E-state index contributed by atoms with van der Waals surface area (Å²) in [5, 5.41) is 36.8. The minimum atomic E-state index is -0.833. The van der Waals surface area contributed by atoms with Gasteiger partial charge in [-0.15, -0.1) is 12.4 Å². The van der Waals surface area contributed by atoms with Crippen LogP contribution in [0.15, 0.2) is 18.2 Å². The highest BCUT2D eigenvalue weighted by Gasteiger charge is 2.16. The Morgan fingerprint density at radius 3 is 1.63 bits per heavy atom. The highest BCUT2D eigenvalue weighted by atomic mass is 35.5. The maximum atomic E-state index is 11.1. The van der Waals surface area contributed by atoms with Crippen LogP contribution in [0.5, 0.6) is 11.5 Å². The number of phenols is 2. The van der Waals surface area contributed by atoms with Crippen molar-refractivity contribution < 1.29 is 39.5 Å². The van der Waals surface area contributed by atoms with E-state index in [0.717, 1.165) is 13.8 Å². The van der Waals surface area contributed by atoms with Crippen LogP contribution in [0.1, 0.15) is 46.3 Å². The lowest BCUT2D eigenvalue weighted by atomic mass is 10.1. The number of aromatic hydroxyl groups is 2. The van der Waals surface area contributed by atoms with Crippen LogP contribution in [0.4, 0.5) is 0 Å². The Morgan fingerprint density at radius 2 is 1.33 bits per heavy atom. The number of carboxylic acid groups (broad SMARTS) is 2. The third-order valence-electron chi connectivity index (χ3n) is 2.32. The summed E-state index contributed by atoms with van der Waals surface area (Å²) in [7, 11) is 0. The van der Waals surface area contributed by atoms with Crippen LogP contribution in [0.2, 0.25) is 0 Å². The molecular weight excluding hydrogens is 382 g/mol. The van der Waals surface area contributed by atoms with E-state index in [9.17, 15) is 15.0 Å². The first-order valence-corrected chi connectivity index (χ1v) is 7.67. The summed E-state index contributed by atoms with van der Waals surface area (Å²) in [5.41, 5.74) is 0.552. The Hall–Kier alpha value is -2.52. The first-order valence-electron chi connectivity index (χ1n) is 7.67. The molecule has 0 radical (unpaired) electrons. The van der Waals surface area contributed by atoms with E-state index in [-0.39, 0.29) is 29.9 Å². The van der Waals surface area contributed by atoms with Crippen molar-refractivity contribution in [3.63, 3.8) is 0 Å². The predicted molar refractivity (Wildman–Crippen MR) is 101 cm³/mol. The van der Waals surface area contributed by atoms with Gasteiger partial charge in [-0.2, -0.15) is 0 Å². The molecule has 9 nitrogen and oxygen atoms in total. The number of aliphatic carboxylic acids is 2. The first-order chi connectivity index (χ1) is 11.8. The van der Waals surface area contributed by atoms with Gasteiger partial charge in [0.15, 0.2) is 0 Å². The van der Waals surface area contributed by atoms with Crippen molar-refractivity contribution in [1.29, 1.82) is 0 Å². The lowest BCUT2D eigenvalue weighted by molar-refractivity contribution is -0.146. The van der Waals surface area contributed by atoms with Gasteiger partial charge in [0.25, 0.3) is 11.9 Å². The molecule has 10 heteroatoms. The number of nitrogens with one attached hydrogen (secondary N) is 1. The lowest BCUT2D eigenvalue weighted by Crippen LogP contribution is -2.29. The number of ether oxygens (including phenoxy) is 1. The van der Waals surface area contributed by atoms with E-state index >= 15 is 0 Å². The van der Waals surface area contributed by atoms with Gasteiger partial charge in [-0.05, 0) is 12.1 Å². The number of halogens is 1. The van der Waals surface area contributed by atoms with E-state index in [1.54, 1.807) is 0 Å². The zero-order valence-corrected chi connectivity index (χ0v) is 16.7. The third-order valence-corrected chi connectivity index (χ3v) is 2.32. The second-order valence-electron chi connectivity index (χ2n) is 5.48. The van der Waals surface area contributed by atoms with E-state index < -0.39 is 24.0 Å². The molecule has 5 N–H and O–H groups in total. The highest BCUT2D eigenvalue weighted by molar-refractivity contribution is 5.85. The molecule has 0 aromatic heterocycles. The average Bonchev–Trinajstić information content (AvgIpc) is 2.40. The van der Waals surface area contributed by atoms with E-state index in [1.807, 2.05) is 13.8 Å². The molecule has 0 aliphatic rings. The molecule has 1 aromatic rings. The number of hydrogen-bond donors (Lipinski definition) is 5. The Kier molecular flexibility index (Phi) is 17.0. The molecule has 0 heterocycles. The van der Waals surface area contributed by atoms with Crippen LogP contribution in [-0.2, 0) is 19.1 Å². The second-order valence-corrected chi connectivity index (χ2v) is 5.48. The summed E-state index contributed by atoms with van der Waals surface area (Å²) in [5.74, 6) is -2.20. The molecule has 0 spiro atoms. The number of esters is 1. The predicted octanol–water partition coefficient (Wildman–Crippen LogP) is 2.30. The number of rotatable bonds is 5. The summed E-state index contributed by atoms with van der Waals surface area (Å²) in [6.45, 7) is 7.86. The molecule has 0 aliphatic carbocycles. The molecule has 156 valence electrons. The van der Waals surface area contributed by atoms with E-state index in [2.05, 4.69) is 5.32 Å². The molecule has 0 bridgehead atoms.